The second-order valence-electron chi connectivity index (χ2n) is 6.05. The van der Waals surface area contributed by atoms with Gasteiger partial charge in [-0.25, -0.2) is 9.67 Å². The first-order valence-corrected chi connectivity index (χ1v) is 8.30. The van der Waals surface area contributed by atoms with E-state index in [1.54, 1.807) is 6.20 Å². The average Bonchev–Trinajstić information content (AvgIpc) is 3.20. The summed E-state index contributed by atoms with van der Waals surface area (Å²) >= 11 is 0. The number of imidazole rings is 1. The average molecular weight is 333 g/mol. The molecular formula is C15H23N7O2. The van der Waals surface area contributed by atoms with Crippen LogP contribution in [0.4, 0.5) is 0 Å². The summed E-state index contributed by atoms with van der Waals surface area (Å²) in [5.74, 6) is 0.879. The zero-order chi connectivity index (χ0) is 16.8. The van der Waals surface area contributed by atoms with E-state index in [1.165, 1.54) is 18.2 Å². The highest BCUT2D eigenvalue weighted by Gasteiger charge is 2.32. The Morgan fingerprint density at radius 1 is 1.50 bits per heavy atom. The molecule has 0 radical (unpaired) electrons. The number of carbonyl (C=O) groups excluding carboxylic acids is 1. The van der Waals surface area contributed by atoms with Crippen molar-refractivity contribution in [2.24, 2.45) is 5.92 Å². The molecule has 0 aliphatic heterocycles. The molecule has 1 fully saturated rings. The molecule has 0 bridgehead atoms. The maximum atomic E-state index is 11.5. The molecule has 1 aliphatic rings. The van der Waals surface area contributed by atoms with Crippen LogP contribution in [0.15, 0.2) is 18.7 Å². The third-order valence-corrected chi connectivity index (χ3v) is 4.48. The molecule has 130 valence electrons. The number of carbonyl (C=O) groups is 1. The largest absolute Gasteiger partial charge is 0.468 e. The van der Waals surface area contributed by atoms with E-state index in [-0.39, 0.29) is 18.6 Å². The molecular weight excluding hydrogens is 310 g/mol. The van der Waals surface area contributed by atoms with Crippen LogP contribution in [-0.2, 0) is 22.6 Å². The van der Waals surface area contributed by atoms with E-state index in [1.807, 2.05) is 12.5 Å². The van der Waals surface area contributed by atoms with Crippen molar-refractivity contribution in [3.8, 4) is 0 Å². The lowest BCUT2D eigenvalue weighted by molar-refractivity contribution is -0.141. The summed E-state index contributed by atoms with van der Waals surface area (Å²) in [5, 5.41) is 15.4. The molecule has 2 aromatic heterocycles. The molecule has 0 amide bonds. The molecule has 1 atom stereocenters. The highest BCUT2D eigenvalue weighted by atomic mass is 16.5. The third kappa shape index (κ3) is 3.97. The van der Waals surface area contributed by atoms with Crippen molar-refractivity contribution in [3.63, 3.8) is 0 Å². The normalized spacial score (nSPS) is 15.9. The van der Waals surface area contributed by atoms with Gasteiger partial charge in [-0.05, 0) is 42.2 Å². The lowest BCUT2D eigenvalue weighted by Crippen LogP contribution is -2.35. The number of esters is 1. The lowest BCUT2D eigenvalue weighted by Gasteiger charge is -2.33. The molecule has 1 saturated carbocycles. The quantitative estimate of drug-likeness (QED) is 0.529. The number of ether oxygens (including phenoxy) is 1. The minimum Gasteiger partial charge on any atom is -0.468 e. The number of nitrogens with one attached hydrogen (secondary N) is 1. The predicted octanol–water partition coefficient (Wildman–Crippen LogP) is 0.564. The van der Waals surface area contributed by atoms with Crippen LogP contribution >= 0.6 is 0 Å². The molecule has 24 heavy (non-hydrogen) atoms. The first-order valence-electron chi connectivity index (χ1n) is 8.30. The molecule has 3 rings (SSSR count). The van der Waals surface area contributed by atoms with Crippen molar-refractivity contribution >= 4 is 5.97 Å². The van der Waals surface area contributed by atoms with Crippen molar-refractivity contribution < 1.29 is 9.53 Å². The van der Waals surface area contributed by atoms with Crippen LogP contribution in [0.3, 0.4) is 0 Å². The molecule has 2 aromatic rings. The molecule has 2 heterocycles. The Balaban J connectivity index is 1.59. The van der Waals surface area contributed by atoms with Gasteiger partial charge < -0.3 is 14.6 Å². The Labute approximate surface area is 140 Å². The van der Waals surface area contributed by atoms with Crippen LogP contribution in [0.1, 0.15) is 37.5 Å². The number of aromatic nitrogens is 6. The number of aryl methyl sites for hydroxylation is 1. The van der Waals surface area contributed by atoms with E-state index in [2.05, 4.69) is 30.4 Å². The highest BCUT2D eigenvalue weighted by Crippen LogP contribution is 2.36. The predicted molar refractivity (Wildman–Crippen MR) is 84.8 cm³/mol. The van der Waals surface area contributed by atoms with Gasteiger partial charge in [0, 0.05) is 18.9 Å². The first-order chi connectivity index (χ1) is 11.8. The van der Waals surface area contributed by atoms with Crippen molar-refractivity contribution in [3.05, 3.63) is 24.5 Å². The topological polar surface area (TPSA) is 99.8 Å². The minimum atomic E-state index is -0.351. The van der Waals surface area contributed by atoms with Crippen LogP contribution in [0.5, 0.6) is 0 Å². The standard InChI is InChI=1S/C15H23N7O2/c1-24-13(23)10-22-15(18-19-20-22)14(12-4-2-5-12)17-6-3-8-21-9-7-16-11-21/h7,9,11-12,14,17H,2-6,8,10H2,1H3. The summed E-state index contributed by atoms with van der Waals surface area (Å²) < 4.78 is 8.31. The monoisotopic (exact) mass is 333 g/mol. The highest BCUT2D eigenvalue weighted by molar-refractivity contribution is 5.68. The second-order valence-corrected chi connectivity index (χ2v) is 6.05. The van der Waals surface area contributed by atoms with E-state index < -0.39 is 0 Å². The molecule has 9 nitrogen and oxygen atoms in total. The van der Waals surface area contributed by atoms with Crippen molar-refractivity contribution in [1.29, 1.82) is 0 Å². The first kappa shape index (κ1) is 16.6. The van der Waals surface area contributed by atoms with Gasteiger partial charge in [0.05, 0.1) is 19.5 Å². The lowest BCUT2D eigenvalue weighted by atomic mass is 9.79. The van der Waals surface area contributed by atoms with E-state index >= 15 is 0 Å². The zero-order valence-electron chi connectivity index (χ0n) is 13.8. The van der Waals surface area contributed by atoms with Crippen LogP contribution in [-0.4, -0.2) is 49.4 Å². The van der Waals surface area contributed by atoms with Crippen molar-refractivity contribution in [1.82, 2.24) is 35.1 Å². The molecule has 9 heteroatoms. The maximum Gasteiger partial charge on any atom is 0.327 e. The van der Waals surface area contributed by atoms with Crippen LogP contribution in [0, 0.1) is 5.92 Å². The van der Waals surface area contributed by atoms with E-state index in [9.17, 15) is 4.79 Å². The van der Waals surface area contributed by atoms with E-state index in [0.717, 1.165) is 32.4 Å². The Morgan fingerprint density at radius 3 is 3.04 bits per heavy atom. The Morgan fingerprint density at radius 2 is 2.38 bits per heavy atom. The summed E-state index contributed by atoms with van der Waals surface area (Å²) in [7, 11) is 1.37. The molecule has 0 spiro atoms. The van der Waals surface area contributed by atoms with E-state index in [0.29, 0.717) is 11.7 Å². The van der Waals surface area contributed by atoms with Crippen LogP contribution in [0.25, 0.3) is 0 Å². The SMILES string of the molecule is COC(=O)Cn1nnnc1C(NCCCn1ccnc1)C1CCC1. The third-order valence-electron chi connectivity index (χ3n) is 4.48. The van der Waals surface area contributed by atoms with Gasteiger partial charge in [0.2, 0.25) is 0 Å². The number of hydrogen-bond donors (Lipinski definition) is 1. The van der Waals surface area contributed by atoms with Gasteiger partial charge in [-0.1, -0.05) is 6.42 Å². The molecule has 1 aliphatic carbocycles. The Bertz CT molecular complexity index is 636. The fourth-order valence-electron chi connectivity index (χ4n) is 2.91. The smallest absolute Gasteiger partial charge is 0.327 e. The summed E-state index contributed by atoms with van der Waals surface area (Å²) in [6.45, 7) is 1.81. The van der Waals surface area contributed by atoms with Gasteiger partial charge in [0.1, 0.15) is 6.54 Å². The maximum absolute atomic E-state index is 11.5. The van der Waals surface area contributed by atoms with Crippen LogP contribution in [0.2, 0.25) is 0 Å². The van der Waals surface area contributed by atoms with Crippen molar-refractivity contribution in [2.75, 3.05) is 13.7 Å². The van der Waals surface area contributed by atoms with Gasteiger partial charge in [-0.2, -0.15) is 0 Å². The molecule has 0 saturated heterocycles. The van der Waals surface area contributed by atoms with Gasteiger partial charge in [-0.15, -0.1) is 5.10 Å². The zero-order valence-corrected chi connectivity index (χ0v) is 13.8. The molecule has 1 unspecified atom stereocenters. The number of tetrazole rings is 1. The number of nitrogens with zero attached hydrogens (tertiary/aromatic N) is 6. The Hall–Kier alpha value is -2.29. The number of rotatable bonds is 9. The summed E-state index contributed by atoms with van der Waals surface area (Å²) in [4.78, 5) is 15.6. The summed E-state index contributed by atoms with van der Waals surface area (Å²) in [6.07, 6.45) is 10.1. The minimum absolute atomic E-state index is 0.0404. The number of methoxy groups -OCH3 is 1. The fraction of sp³-hybridized carbons (Fsp3) is 0.667. The second kappa shape index (κ2) is 8.00. The molecule has 0 aromatic carbocycles. The van der Waals surface area contributed by atoms with Gasteiger partial charge >= 0.3 is 5.97 Å². The van der Waals surface area contributed by atoms with Gasteiger partial charge in [-0.3, -0.25) is 4.79 Å². The van der Waals surface area contributed by atoms with Gasteiger partial charge in [0.25, 0.3) is 0 Å². The summed E-state index contributed by atoms with van der Waals surface area (Å²) in [6, 6.07) is 0.0705. The number of hydrogen-bond acceptors (Lipinski definition) is 7. The summed E-state index contributed by atoms with van der Waals surface area (Å²) in [5.41, 5.74) is 0. The van der Waals surface area contributed by atoms with Gasteiger partial charge in [0.15, 0.2) is 5.82 Å². The fourth-order valence-corrected chi connectivity index (χ4v) is 2.91. The Kier molecular flexibility index (Phi) is 5.52. The van der Waals surface area contributed by atoms with Crippen LogP contribution < -0.4 is 5.32 Å². The van der Waals surface area contributed by atoms with Crippen molar-refractivity contribution in [2.45, 2.75) is 44.8 Å². The molecule has 1 N–H and O–H groups in total. The van der Waals surface area contributed by atoms with E-state index in [4.69, 9.17) is 4.74 Å².